The number of rotatable bonds is 7. The quantitative estimate of drug-likeness (QED) is 0.610. The highest BCUT2D eigenvalue weighted by Crippen LogP contribution is 2.26. The highest BCUT2D eigenvalue weighted by Gasteiger charge is 2.36. The van der Waals surface area contributed by atoms with Gasteiger partial charge in [0.2, 0.25) is 5.91 Å². The predicted octanol–water partition coefficient (Wildman–Crippen LogP) is 2.26. The number of carbonyl (C=O) groups is 2. The third-order valence-corrected chi connectivity index (χ3v) is 7.79. The van der Waals surface area contributed by atoms with Gasteiger partial charge in [-0.15, -0.1) is 0 Å². The number of ether oxygens (including phenoxy) is 1. The van der Waals surface area contributed by atoms with E-state index >= 15 is 0 Å². The van der Waals surface area contributed by atoms with E-state index in [1.165, 1.54) is 0 Å². The summed E-state index contributed by atoms with van der Waals surface area (Å²) in [5, 5.41) is 0. The second-order valence-corrected chi connectivity index (χ2v) is 10.1. The maximum atomic E-state index is 12.6. The first kappa shape index (κ1) is 22.7. The van der Waals surface area contributed by atoms with Crippen LogP contribution >= 0.6 is 0 Å². The van der Waals surface area contributed by atoms with Gasteiger partial charge in [0.15, 0.2) is 9.84 Å². The molecule has 2 aliphatic rings. The zero-order valence-corrected chi connectivity index (χ0v) is 18.5. The Morgan fingerprint density at radius 3 is 2.60 bits per heavy atom. The minimum absolute atomic E-state index is 0.00884. The Balaban J connectivity index is 1.61. The van der Waals surface area contributed by atoms with Gasteiger partial charge in [-0.05, 0) is 51.3 Å². The predicted molar refractivity (Wildman–Crippen MR) is 114 cm³/mol. The lowest BCUT2D eigenvalue weighted by Gasteiger charge is -2.39. The fourth-order valence-corrected chi connectivity index (χ4v) is 5.72. The van der Waals surface area contributed by atoms with Crippen molar-refractivity contribution in [2.24, 2.45) is 0 Å². The summed E-state index contributed by atoms with van der Waals surface area (Å²) in [5.41, 5.74) is 0. The molecule has 166 valence electrons. The van der Waals surface area contributed by atoms with E-state index in [0.29, 0.717) is 26.0 Å². The molecule has 2 atom stereocenters. The molecule has 0 bridgehead atoms. The number of amides is 1. The molecule has 0 aliphatic carbocycles. The number of hydrogen-bond donors (Lipinski definition) is 0. The molecular weight excluding hydrogens is 404 g/mol. The Bertz CT molecular complexity index is 827. The average Bonchev–Trinajstić information content (AvgIpc) is 2.94. The molecular formula is C22H32N2O5S. The van der Waals surface area contributed by atoms with Gasteiger partial charge in [0.05, 0.1) is 17.3 Å². The van der Waals surface area contributed by atoms with E-state index in [0.717, 1.165) is 32.2 Å². The lowest BCUT2D eigenvalue weighted by molar-refractivity contribution is -0.152. The molecule has 1 aromatic carbocycles. The molecule has 8 heteroatoms. The van der Waals surface area contributed by atoms with Crippen LogP contribution in [-0.4, -0.2) is 74.2 Å². The summed E-state index contributed by atoms with van der Waals surface area (Å²) in [6.07, 6.45) is 4.66. The van der Waals surface area contributed by atoms with Gasteiger partial charge in [-0.1, -0.05) is 24.6 Å². The van der Waals surface area contributed by atoms with Crippen molar-refractivity contribution in [2.75, 3.05) is 32.0 Å². The highest BCUT2D eigenvalue weighted by atomic mass is 32.2. The van der Waals surface area contributed by atoms with E-state index in [-0.39, 0.29) is 41.2 Å². The lowest BCUT2D eigenvalue weighted by Crippen LogP contribution is -2.51. The topological polar surface area (TPSA) is 84.0 Å². The van der Waals surface area contributed by atoms with Crippen LogP contribution in [0.3, 0.4) is 0 Å². The fraction of sp³-hybridized carbons (Fsp3) is 0.636. The van der Waals surface area contributed by atoms with Crippen LogP contribution in [0.2, 0.25) is 0 Å². The van der Waals surface area contributed by atoms with E-state index in [4.69, 9.17) is 4.74 Å². The maximum Gasteiger partial charge on any atom is 0.323 e. The Morgan fingerprint density at radius 2 is 1.87 bits per heavy atom. The summed E-state index contributed by atoms with van der Waals surface area (Å²) in [5.74, 6) is -0.258. The number of hydrogen-bond acceptors (Lipinski definition) is 6. The van der Waals surface area contributed by atoms with Gasteiger partial charge in [0.25, 0.3) is 0 Å². The second kappa shape index (κ2) is 10.4. The summed E-state index contributed by atoms with van der Waals surface area (Å²) < 4.78 is 30.4. The first-order valence-electron chi connectivity index (χ1n) is 10.9. The van der Waals surface area contributed by atoms with Gasteiger partial charge in [0.1, 0.15) is 6.04 Å². The number of nitrogens with zero attached hydrogens (tertiary/aromatic N) is 2. The molecule has 0 radical (unpaired) electrons. The van der Waals surface area contributed by atoms with Crippen LogP contribution in [0.5, 0.6) is 0 Å². The molecule has 7 nitrogen and oxygen atoms in total. The van der Waals surface area contributed by atoms with Gasteiger partial charge in [-0.2, -0.15) is 0 Å². The third-order valence-electron chi connectivity index (χ3n) is 6.08. The minimum Gasteiger partial charge on any atom is -0.465 e. The van der Waals surface area contributed by atoms with Crippen molar-refractivity contribution in [1.82, 2.24) is 9.80 Å². The van der Waals surface area contributed by atoms with Crippen molar-refractivity contribution in [3.05, 3.63) is 30.3 Å². The van der Waals surface area contributed by atoms with Gasteiger partial charge >= 0.3 is 5.97 Å². The van der Waals surface area contributed by atoms with Crippen molar-refractivity contribution in [3.8, 4) is 0 Å². The SMILES string of the molecule is CCOC(=O)[C@@H]1CCCCN1[C@H]1CCC(=O)N(CCS(=O)(=O)c2ccccc2)CC1. The number of esters is 1. The van der Waals surface area contributed by atoms with E-state index in [1.54, 1.807) is 35.2 Å². The molecule has 2 saturated heterocycles. The number of likely N-dealkylation sites (tertiary alicyclic amines) is 2. The smallest absolute Gasteiger partial charge is 0.323 e. The van der Waals surface area contributed by atoms with Crippen molar-refractivity contribution < 1.29 is 22.7 Å². The second-order valence-electron chi connectivity index (χ2n) is 8.00. The standard InChI is InChI=1S/C22H32N2O5S/c1-2-29-22(26)20-10-6-7-14-24(20)18-11-12-21(25)23(15-13-18)16-17-30(27,28)19-8-4-3-5-9-19/h3-5,8-9,18,20H,2,6-7,10-17H2,1H3/t18-,20-/m0/s1. The van der Waals surface area contributed by atoms with Gasteiger partial charge < -0.3 is 9.64 Å². The number of sulfone groups is 1. The molecule has 0 saturated carbocycles. The third kappa shape index (κ3) is 5.60. The van der Waals surface area contributed by atoms with Crippen LogP contribution in [0.25, 0.3) is 0 Å². The first-order chi connectivity index (χ1) is 14.4. The van der Waals surface area contributed by atoms with Crippen LogP contribution in [-0.2, 0) is 24.2 Å². The number of benzene rings is 1. The Labute approximate surface area is 179 Å². The zero-order valence-electron chi connectivity index (χ0n) is 17.7. The normalized spacial score (nSPS) is 23.8. The molecule has 2 fully saturated rings. The summed E-state index contributed by atoms with van der Waals surface area (Å²) >= 11 is 0. The Kier molecular flexibility index (Phi) is 7.88. The van der Waals surface area contributed by atoms with Crippen LogP contribution < -0.4 is 0 Å². The van der Waals surface area contributed by atoms with Gasteiger partial charge in [-0.25, -0.2) is 8.42 Å². The van der Waals surface area contributed by atoms with Crippen molar-refractivity contribution in [2.45, 2.75) is 62.4 Å². The van der Waals surface area contributed by atoms with Crippen molar-refractivity contribution in [3.63, 3.8) is 0 Å². The summed E-state index contributed by atoms with van der Waals surface area (Å²) in [6.45, 7) is 3.74. The number of carbonyl (C=O) groups excluding carboxylic acids is 2. The van der Waals surface area contributed by atoms with Crippen LogP contribution in [0.4, 0.5) is 0 Å². The Morgan fingerprint density at radius 1 is 1.10 bits per heavy atom. The highest BCUT2D eigenvalue weighted by molar-refractivity contribution is 7.91. The number of piperidine rings is 1. The molecule has 2 aliphatic heterocycles. The van der Waals surface area contributed by atoms with Crippen molar-refractivity contribution >= 4 is 21.7 Å². The molecule has 30 heavy (non-hydrogen) atoms. The van der Waals surface area contributed by atoms with Crippen LogP contribution in [0.15, 0.2) is 35.2 Å². The van der Waals surface area contributed by atoms with E-state index in [1.807, 2.05) is 6.92 Å². The minimum atomic E-state index is -3.42. The first-order valence-corrected chi connectivity index (χ1v) is 12.6. The molecule has 0 N–H and O–H groups in total. The lowest BCUT2D eigenvalue weighted by atomic mass is 9.96. The van der Waals surface area contributed by atoms with E-state index < -0.39 is 9.84 Å². The molecule has 1 amide bonds. The molecule has 2 heterocycles. The summed E-state index contributed by atoms with van der Waals surface area (Å²) in [7, 11) is -3.42. The molecule has 1 aromatic rings. The average molecular weight is 437 g/mol. The Hall–Kier alpha value is -1.93. The van der Waals surface area contributed by atoms with Crippen LogP contribution in [0, 0.1) is 0 Å². The van der Waals surface area contributed by atoms with Crippen molar-refractivity contribution in [1.29, 1.82) is 0 Å². The molecule has 0 unspecified atom stereocenters. The largest absolute Gasteiger partial charge is 0.465 e. The van der Waals surface area contributed by atoms with Gasteiger partial charge in [-0.3, -0.25) is 14.5 Å². The maximum absolute atomic E-state index is 12.6. The zero-order chi connectivity index (χ0) is 21.6. The van der Waals surface area contributed by atoms with Gasteiger partial charge in [0, 0.05) is 25.6 Å². The van der Waals surface area contributed by atoms with E-state index in [2.05, 4.69) is 4.90 Å². The fourth-order valence-electron chi connectivity index (χ4n) is 4.45. The molecule has 3 rings (SSSR count). The summed E-state index contributed by atoms with van der Waals surface area (Å²) in [6, 6.07) is 8.26. The molecule has 0 spiro atoms. The summed E-state index contributed by atoms with van der Waals surface area (Å²) in [4.78, 5) is 29.2. The molecule has 0 aromatic heterocycles. The van der Waals surface area contributed by atoms with Crippen LogP contribution in [0.1, 0.15) is 45.4 Å². The monoisotopic (exact) mass is 436 g/mol. The van der Waals surface area contributed by atoms with E-state index in [9.17, 15) is 18.0 Å².